The van der Waals surface area contributed by atoms with Crippen LogP contribution < -0.4 is 10.1 Å². The van der Waals surface area contributed by atoms with Gasteiger partial charge in [0.05, 0.1) is 10.2 Å². The Morgan fingerprint density at radius 2 is 2.03 bits per heavy atom. The fraction of sp³-hybridized carbons (Fsp3) is 0.250. The summed E-state index contributed by atoms with van der Waals surface area (Å²) in [5.74, 6) is -4.79. The Bertz CT molecular complexity index is 1090. The first-order valence-electron chi connectivity index (χ1n) is 8.81. The van der Waals surface area contributed by atoms with E-state index in [0.29, 0.717) is 16.5 Å². The summed E-state index contributed by atoms with van der Waals surface area (Å²) in [6.07, 6.45) is 0.487. The van der Waals surface area contributed by atoms with Crippen LogP contribution in [0.3, 0.4) is 0 Å². The Kier molecular flexibility index (Phi) is 6.44. The maximum Gasteiger partial charge on any atom is 0.263 e. The molecule has 0 saturated carbocycles. The van der Waals surface area contributed by atoms with Crippen molar-refractivity contribution in [3.05, 3.63) is 57.6 Å². The van der Waals surface area contributed by atoms with Gasteiger partial charge in [-0.3, -0.25) is 14.9 Å². The zero-order valence-electron chi connectivity index (χ0n) is 15.6. The summed E-state index contributed by atoms with van der Waals surface area (Å²) in [6.45, 7) is 3.30. The number of ether oxygens (including phenoxy) is 1. The lowest BCUT2D eigenvalue weighted by Crippen LogP contribution is -2.35. The Labute approximate surface area is 174 Å². The summed E-state index contributed by atoms with van der Waals surface area (Å²) >= 11 is 7.27. The summed E-state index contributed by atoms with van der Waals surface area (Å²) in [6, 6.07) is 7.22. The molecule has 0 aliphatic rings. The number of imide groups is 1. The topological polar surface area (TPSA) is 68.3 Å². The molecule has 3 rings (SSSR count). The lowest BCUT2D eigenvalue weighted by atomic mass is 10.1. The molecule has 0 saturated heterocycles. The summed E-state index contributed by atoms with van der Waals surface area (Å²) in [5, 5.41) is 3.15. The number of carbonyl (C=O) groups excluding carboxylic acids is 2. The summed E-state index contributed by atoms with van der Waals surface area (Å²) in [5.41, 5.74) is -0.142. The van der Waals surface area contributed by atoms with Gasteiger partial charge in [0.2, 0.25) is 5.91 Å². The Balaban J connectivity index is 1.78. The second-order valence-corrected chi connectivity index (χ2v) is 7.92. The third-order valence-corrected chi connectivity index (χ3v) is 5.55. The maximum atomic E-state index is 14.7. The number of fused-ring (bicyclic) bond motifs is 1. The zero-order chi connectivity index (χ0) is 21.1. The van der Waals surface area contributed by atoms with Crippen LogP contribution in [0.25, 0.3) is 10.2 Å². The summed E-state index contributed by atoms with van der Waals surface area (Å²) in [4.78, 5) is 28.4. The minimum Gasteiger partial charge on any atom is -0.483 e. The minimum absolute atomic E-state index is 0.0770. The number of carbonyl (C=O) groups is 2. The van der Waals surface area contributed by atoms with Gasteiger partial charge < -0.3 is 4.74 Å². The van der Waals surface area contributed by atoms with Crippen molar-refractivity contribution in [1.29, 1.82) is 0 Å². The average molecular weight is 439 g/mol. The van der Waals surface area contributed by atoms with Crippen LogP contribution in [0.4, 0.5) is 8.78 Å². The van der Waals surface area contributed by atoms with Crippen LogP contribution in [-0.4, -0.2) is 16.8 Å². The number of nitrogens with one attached hydrogen (secondary N) is 1. The monoisotopic (exact) mass is 438 g/mol. The second-order valence-electron chi connectivity index (χ2n) is 6.37. The SMILES string of the molecule is CCC(C)C(=O)NC(=O)c1c(F)ccc(OCc2nc3ccc(Cl)cc3s2)c1F. The molecule has 1 heterocycles. The highest BCUT2D eigenvalue weighted by atomic mass is 35.5. The molecule has 0 spiro atoms. The van der Waals surface area contributed by atoms with Gasteiger partial charge in [0.15, 0.2) is 11.6 Å². The minimum atomic E-state index is -1.18. The van der Waals surface area contributed by atoms with E-state index in [1.54, 1.807) is 32.0 Å². The first kappa shape index (κ1) is 21.1. The molecule has 1 unspecified atom stereocenters. The molecule has 9 heteroatoms. The maximum absolute atomic E-state index is 14.7. The van der Waals surface area contributed by atoms with E-state index in [-0.39, 0.29) is 12.4 Å². The highest BCUT2D eigenvalue weighted by Gasteiger charge is 2.24. The van der Waals surface area contributed by atoms with E-state index in [0.717, 1.165) is 22.3 Å². The molecule has 0 bridgehead atoms. The van der Waals surface area contributed by atoms with Gasteiger partial charge in [0, 0.05) is 10.9 Å². The number of halogens is 3. The molecule has 0 aliphatic heterocycles. The van der Waals surface area contributed by atoms with Crippen LogP contribution in [0.5, 0.6) is 5.75 Å². The number of aromatic nitrogens is 1. The van der Waals surface area contributed by atoms with E-state index in [1.807, 2.05) is 5.32 Å². The van der Waals surface area contributed by atoms with E-state index in [4.69, 9.17) is 16.3 Å². The predicted octanol–water partition coefficient (Wildman–Crippen LogP) is 5.11. The number of nitrogens with zero attached hydrogens (tertiary/aromatic N) is 1. The lowest BCUT2D eigenvalue weighted by molar-refractivity contribution is -0.123. The van der Waals surface area contributed by atoms with Gasteiger partial charge in [-0.15, -0.1) is 11.3 Å². The molecule has 1 aromatic heterocycles. The Morgan fingerprint density at radius 3 is 2.76 bits per heavy atom. The third-order valence-electron chi connectivity index (χ3n) is 4.33. The molecular formula is C20H17ClF2N2O3S. The fourth-order valence-electron chi connectivity index (χ4n) is 2.48. The quantitative estimate of drug-likeness (QED) is 0.580. The molecule has 1 atom stereocenters. The zero-order valence-corrected chi connectivity index (χ0v) is 17.2. The molecule has 5 nitrogen and oxygen atoms in total. The molecule has 2 amide bonds. The van der Waals surface area contributed by atoms with Gasteiger partial charge in [-0.1, -0.05) is 25.4 Å². The van der Waals surface area contributed by atoms with E-state index in [9.17, 15) is 18.4 Å². The smallest absolute Gasteiger partial charge is 0.263 e. The molecule has 2 aromatic carbocycles. The van der Waals surface area contributed by atoms with E-state index in [2.05, 4.69) is 4.98 Å². The molecule has 29 heavy (non-hydrogen) atoms. The van der Waals surface area contributed by atoms with Crippen molar-refractivity contribution in [1.82, 2.24) is 10.3 Å². The molecule has 0 fully saturated rings. The van der Waals surface area contributed by atoms with Crippen LogP contribution in [-0.2, 0) is 11.4 Å². The average Bonchev–Trinajstić information content (AvgIpc) is 3.08. The number of rotatable bonds is 6. The first-order chi connectivity index (χ1) is 13.8. The Morgan fingerprint density at radius 1 is 1.28 bits per heavy atom. The molecule has 152 valence electrons. The van der Waals surface area contributed by atoms with Gasteiger partial charge in [-0.25, -0.2) is 13.8 Å². The van der Waals surface area contributed by atoms with Crippen LogP contribution >= 0.6 is 22.9 Å². The molecule has 1 N–H and O–H groups in total. The third kappa shape index (κ3) is 4.71. The van der Waals surface area contributed by atoms with Crippen molar-refractivity contribution in [2.24, 2.45) is 5.92 Å². The van der Waals surface area contributed by atoms with Gasteiger partial charge >= 0.3 is 0 Å². The van der Waals surface area contributed by atoms with Crippen LogP contribution in [0.1, 0.15) is 35.6 Å². The number of amides is 2. The normalized spacial score (nSPS) is 12.0. The van der Waals surface area contributed by atoms with Gasteiger partial charge in [0.25, 0.3) is 5.91 Å². The highest BCUT2D eigenvalue weighted by Crippen LogP contribution is 2.28. The lowest BCUT2D eigenvalue weighted by Gasteiger charge is -2.12. The van der Waals surface area contributed by atoms with Crippen molar-refractivity contribution in [3.63, 3.8) is 0 Å². The highest BCUT2D eigenvalue weighted by molar-refractivity contribution is 7.18. The van der Waals surface area contributed by atoms with E-state index in [1.165, 1.54) is 11.3 Å². The number of hydrogen-bond donors (Lipinski definition) is 1. The molecule has 0 aliphatic carbocycles. The summed E-state index contributed by atoms with van der Waals surface area (Å²) < 4.78 is 35.0. The number of benzene rings is 2. The Hall–Kier alpha value is -2.58. The molecular weight excluding hydrogens is 422 g/mol. The second kappa shape index (κ2) is 8.84. The molecule has 0 radical (unpaired) electrons. The first-order valence-corrected chi connectivity index (χ1v) is 10.0. The summed E-state index contributed by atoms with van der Waals surface area (Å²) in [7, 11) is 0. The largest absolute Gasteiger partial charge is 0.483 e. The van der Waals surface area contributed by atoms with Gasteiger partial charge in [-0.05, 0) is 36.8 Å². The number of thiazole rings is 1. The van der Waals surface area contributed by atoms with Crippen LogP contribution in [0, 0.1) is 17.6 Å². The van der Waals surface area contributed by atoms with E-state index < -0.39 is 34.9 Å². The fourth-order valence-corrected chi connectivity index (χ4v) is 3.64. The number of hydrogen-bond acceptors (Lipinski definition) is 5. The van der Waals surface area contributed by atoms with Crippen molar-refractivity contribution >= 4 is 45.0 Å². The van der Waals surface area contributed by atoms with Crippen molar-refractivity contribution in [2.75, 3.05) is 0 Å². The van der Waals surface area contributed by atoms with Gasteiger partial charge in [0.1, 0.15) is 23.0 Å². The van der Waals surface area contributed by atoms with Crippen LogP contribution in [0.2, 0.25) is 5.02 Å². The van der Waals surface area contributed by atoms with Crippen molar-refractivity contribution in [3.8, 4) is 5.75 Å². The van der Waals surface area contributed by atoms with E-state index >= 15 is 0 Å². The van der Waals surface area contributed by atoms with Crippen molar-refractivity contribution in [2.45, 2.75) is 26.9 Å². The van der Waals surface area contributed by atoms with Crippen LogP contribution in [0.15, 0.2) is 30.3 Å². The van der Waals surface area contributed by atoms with Gasteiger partial charge in [-0.2, -0.15) is 0 Å². The standard InChI is InChI=1S/C20H17ClF2N2O3S/c1-3-10(2)19(26)25-20(27)17-12(22)5-7-14(18(17)23)28-9-16-24-13-6-4-11(21)8-15(13)29-16/h4-8,10H,3,9H2,1-2H3,(H,25,26,27). The predicted molar refractivity (Wildman–Crippen MR) is 107 cm³/mol. The molecule has 3 aromatic rings. The van der Waals surface area contributed by atoms with Crippen molar-refractivity contribution < 1.29 is 23.1 Å².